The predicted molar refractivity (Wildman–Crippen MR) is 156 cm³/mol. The van der Waals surface area contributed by atoms with Gasteiger partial charge in [-0.15, -0.1) is 0 Å². The van der Waals surface area contributed by atoms with Crippen LogP contribution in [0.5, 0.6) is 5.88 Å². The minimum atomic E-state index is -4.09. The summed E-state index contributed by atoms with van der Waals surface area (Å²) in [6, 6.07) is 12.7. The first-order valence-electron chi connectivity index (χ1n) is 12.9. The number of methoxy groups -OCH3 is 1. The molecule has 1 aliphatic heterocycles. The van der Waals surface area contributed by atoms with Crippen LogP contribution in [0.15, 0.2) is 65.7 Å². The van der Waals surface area contributed by atoms with E-state index in [9.17, 15) is 22.8 Å². The van der Waals surface area contributed by atoms with Gasteiger partial charge in [0.25, 0.3) is 11.8 Å². The number of alkyl carbamates (subject to hydrolysis) is 1. The molecule has 0 bridgehead atoms. The Kier molecular flexibility index (Phi) is 9.07. The topological polar surface area (TPSA) is 144 Å². The summed E-state index contributed by atoms with van der Waals surface area (Å²) in [5.41, 5.74) is 0.653. The van der Waals surface area contributed by atoms with Crippen LogP contribution in [-0.4, -0.2) is 55.8 Å². The lowest BCUT2D eigenvalue weighted by Crippen LogP contribution is -2.51. The SMILES string of the molecule is COc1ccc(CNC(=O)c2ccc3c(c2)N(Cc2ccc(Cl)cc2)C(=O)[C@@H](NC(=O)OC(C)(C)C)CS3(=O)=O)cn1. The third-order valence-electron chi connectivity index (χ3n) is 6.20. The Morgan fingerprint density at radius 2 is 1.76 bits per heavy atom. The Bertz CT molecular complexity index is 1590. The van der Waals surface area contributed by atoms with Crippen molar-refractivity contribution in [1.29, 1.82) is 0 Å². The average Bonchev–Trinajstić information content (AvgIpc) is 3.00. The summed E-state index contributed by atoms with van der Waals surface area (Å²) >= 11 is 6.03. The maximum absolute atomic E-state index is 13.9. The van der Waals surface area contributed by atoms with Crippen molar-refractivity contribution in [2.45, 2.75) is 50.4 Å². The second kappa shape index (κ2) is 12.4. The summed E-state index contributed by atoms with van der Waals surface area (Å²) < 4.78 is 37.3. The van der Waals surface area contributed by atoms with Crippen molar-refractivity contribution < 1.29 is 32.3 Å². The number of fused-ring (bicyclic) bond motifs is 1. The van der Waals surface area contributed by atoms with Crippen LogP contribution < -0.4 is 20.3 Å². The fourth-order valence-electron chi connectivity index (χ4n) is 4.23. The van der Waals surface area contributed by atoms with E-state index in [0.717, 1.165) is 5.56 Å². The highest BCUT2D eigenvalue weighted by atomic mass is 35.5. The molecular formula is C29H31ClN4O7S. The van der Waals surface area contributed by atoms with Gasteiger partial charge in [-0.1, -0.05) is 29.8 Å². The minimum Gasteiger partial charge on any atom is -0.481 e. The fourth-order valence-corrected chi connectivity index (χ4v) is 5.96. The Labute approximate surface area is 249 Å². The van der Waals surface area contributed by atoms with Gasteiger partial charge >= 0.3 is 6.09 Å². The monoisotopic (exact) mass is 614 g/mol. The van der Waals surface area contributed by atoms with Gasteiger partial charge in [0.2, 0.25) is 5.88 Å². The van der Waals surface area contributed by atoms with E-state index in [-0.39, 0.29) is 29.2 Å². The van der Waals surface area contributed by atoms with E-state index in [1.807, 2.05) is 0 Å². The zero-order chi connectivity index (χ0) is 30.7. The number of nitrogens with one attached hydrogen (secondary N) is 2. The molecule has 2 aromatic carbocycles. The van der Waals surface area contributed by atoms with Gasteiger partial charge in [-0.2, -0.15) is 0 Å². The number of nitrogens with zero attached hydrogens (tertiary/aromatic N) is 2. The Morgan fingerprint density at radius 3 is 2.38 bits per heavy atom. The van der Waals surface area contributed by atoms with Crippen LogP contribution in [0, 0.1) is 0 Å². The van der Waals surface area contributed by atoms with Gasteiger partial charge in [0.15, 0.2) is 9.84 Å². The number of pyridine rings is 1. The molecule has 2 N–H and O–H groups in total. The number of halogens is 1. The van der Waals surface area contributed by atoms with Crippen LogP contribution in [0.1, 0.15) is 42.3 Å². The number of aromatic nitrogens is 1. The number of rotatable bonds is 7. The first-order valence-corrected chi connectivity index (χ1v) is 15.0. The van der Waals surface area contributed by atoms with E-state index in [0.29, 0.717) is 16.5 Å². The summed E-state index contributed by atoms with van der Waals surface area (Å²) in [5.74, 6) is -1.43. The molecule has 11 nitrogen and oxygen atoms in total. The molecule has 0 unspecified atom stereocenters. The third kappa shape index (κ3) is 7.56. The van der Waals surface area contributed by atoms with E-state index in [2.05, 4.69) is 15.6 Å². The van der Waals surface area contributed by atoms with Crippen LogP contribution in [0.3, 0.4) is 0 Å². The number of carbonyl (C=O) groups excluding carboxylic acids is 3. The molecule has 4 rings (SSSR count). The molecule has 3 amide bonds. The summed E-state index contributed by atoms with van der Waals surface area (Å²) in [6.45, 7) is 5.06. The number of sulfone groups is 1. The number of hydrogen-bond acceptors (Lipinski definition) is 8. The van der Waals surface area contributed by atoms with Crippen molar-refractivity contribution in [1.82, 2.24) is 15.6 Å². The van der Waals surface area contributed by atoms with Crippen molar-refractivity contribution in [2.75, 3.05) is 17.8 Å². The first-order chi connectivity index (χ1) is 19.8. The number of amides is 3. The highest BCUT2D eigenvalue weighted by molar-refractivity contribution is 7.91. The molecule has 2 heterocycles. The molecule has 13 heteroatoms. The van der Waals surface area contributed by atoms with Gasteiger partial charge in [0.05, 0.1) is 30.0 Å². The quantitative estimate of drug-likeness (QED) is 0.408. The highest BCUT2D eigenvalue weighted by Gasteiger charge is 2.39. The van der Waals surface area contributed by atoms with Gasteiger partial charge < -0.3 is 25.0 Å². The van der Waals surface area contributed by atoms with Crippen LogP contribution in [0.25, 0.3) is 0 Å². The Balaban J connectivity index is 1.68. The lowest BCUT2D eigenvalue weighted by Gasteiger charge is -2.27. The molecule has 222 valence electrons. The summed E-state index contributed by atoms with van der Waals surface area (Å²) in [4.78, 5) is 44.7. The van der Waals surface area contributed by atoms with E-state index in [4.69, 9.17) is 21.1 Å². The predicted octanol–water partition coefficient (Wildman–Crippen LogP) is 3.89. The normalized spacial score (nSPS) is 16.2. The number of benzene rings is 2. The fraction of sp³-hybridized carbons (Fsp3) is 0.310. The first kappa shape index (κ1) is 30.8. The second-order valence-corrected chi connectivity index (χ2v) is 13.0. The van der Waals surface area contributed by atoms with E-state index >= 15 is 0 Å². The molecule has 0 spiro atoms. The van der Waals surface area contributed by atoms with Crippen molar-refractivity contribution in [2.24, 2.45) is 0 Å². The van der Waals surface area contributed by atoms with Crippen molar-refractivity contribution in [3.8, 4) is 5.88 Å². The maximum Gasteiger partial charge on any atom is 0.408 e. The molecule has 0 aliphatic carbocycles. The number of anilines is 1. The van der Waals surface area contributed by atoms with E-state index in [1.54, 1.807) is 63.4 Å². The highest BCUT2D eigenvalue weighted by Crippen LogP contribution is 2.33. The van der Waals surface area contributed by atoms with Gasteiger partial charge in [0.1, 0.15) is 11.6 Å². The molecule has 1 aliphatic rings. The van der Waals surface area contributed by atoms with E-state index < -0.39 is 45.1 Å². The van der Waals surface area contributed by atoms with Gasteiger partial charge in [-0.25, -0.2) is 18.2 Å². The molecule has 3 aromatic rings. The van der Waals surface area contributed by atoms with Gasteiger partial charge in [-0.05, 0) is 62.2 Å². The van der Waals surface area contributed by atoms with Crippen LogP contribution >= 0.6 is 11.6 Å². The smallest absolute Gasteiger partial charge is 0.408 e. The van der Waals surface area contributed by atoms with Gasteiger partial charge in [-0.3, -0.25) is 9.59 Å². The number of ether oxygens (including phenoxy) is 2. The Hall–Kier alpha value is -4.16. The number of hydrogen-bond donors (Lipinski definition) is 2. The molecule has 0 fully saturated rings. The molecule has 0 saturated carbocycles. The van der Waals surface area contributed by atoms with Crippen molar-refractivity contribution >= 4 is 45.0 Å². The lowest BCUT2D eigenvalue weighted by atomic mass is 10.1. The summed E-state index contributed by atoms with van der Waals surface area (Å²) in [5, 5.41) is 5.68. The van der Waals surface area contributed by atoms with Gasteiger partial charge in [0, 0.05) is 29.4 Å². The van der Waals surface area contributed by atoms with E-state index in [1.165, 1.54) is 30.2 Å². The molecular weight excluding hydrogens is 584 g/mol. The lowest BCUT2D eigenvalue weighted by molar-refractivity contribution is -0.120. The average molecular weight is 615 g/mol. The maximum atomic E-state index is 13.9. The largest absolute Gasteiger partial charge is 0.481 e. The summed E-state index contributed by atoms with van der Waals surface area (Å²) in [6.07, 6.45) is 0.633. The van der Waals surface area contributed by atoms with Crippen LogP contribution in [0.4, 0.5) is 10.5 Å². The van der Waals surface area contributed by atoms with Crippen molar-refractivity contribution in [3.63, 3.8) is 0 Å². The molecule has 1 aromatic heterocycles. The van der Waals surface area contributed by atoms with Crippen molar-refractivity contribution in [3.05, 3.63) is 82.5 Å². The standard InChI is InChI=1S/C29H31ClN4O7S/c1-29(2,3)41-28(37)33-22-17-42(38,39)24-11-8-20(26(35)32-15-19-7-12-25(40-4)31-14-19)13-23(24)34(27(22)36)16-18-5-9-21(30)10-6-18/h5-14,22H,15-17H2,1-4H3,(H,32,35)(H,33,37)/t22-/m0/s1. The second-order valence-electron chi connectivity index (χ2n) is 10.6. The molecule has 42 heavy (non-hydrogen) atoms. The minimum absolute atomic E-state index is 0.0159. The third-order valence-corrected chi connectivity index (χ3v) is 8.24. The number of carbonyl (C=O) groups is 3. The summed E-state index contributed by atoms with van der Waals surface area (Å²) in [7, 11) is -2.59. The Morgan fingerprint density at radius 1 is 1.07 bits per heavy atom. The van der Waals surface area contributed by atoms with Crippen LogP contribution in [0.2, 0.25) is 5.02 Å². The zero-order valence-electron chi connectivity index (χ0n) is 23.5. The molecule has 0 radical (unpaired) electrons. The zero-order valence-corrected chi connectivity index (χ0v) is 25.1. The molecule has 1 atom stereocenters. The van der Waals surface area contributed by atoms with Crippen LogP contribution in [-0.2, 0) is 32.5 Å². The molecule has 0 saturated heterocycles.